The van der Waals surface area contributed by atoms with Crippen molar-refractivity contribution in [3.63, 3.8) is 0 Å². The van der Waals surface area contributed by atoms with Gasteiger partial charge in [0.05, 0.1) is 10.4 Å². The minimum absolute atomic E-state index is 0.451. The molecule has 2 heterocycles. The second-order valence-corrected chi connectivity index (χ2v) is 7.21. The Morgan fingerprint density at radius 1 is 1.64 bits per heavy atom. The molecule has 1 saturated heterocycles. The Morgan fingerprint density at radius 2 is 2.43 bits per heavy atom. The molecule has 0 spiro atoms. The maximum absolute atomic E-state index is 5.41. The van der Waals surface area contributed by atoms with Crippen LogP contribution in [0.15, 0.2) is 9.85 Å². The van der Waals surface area contributed by atoms with Gasteiger partial charge in [-0.3, -0.25) is 0 Å². The molecule has 0 bridgehead atoms. The maximum atomic E-state index is 5.41. The lowest BCUT2D eigenvalue weighted by Gasteiger charge is -2.15. The van der Waals surface area contributed by atoms with Crippen molar-refractivity contribution in [1.82, 2.24) is 0 Å². The van der Waals surface area contributed by atoms with E-state index >= 15 is 0 Å². The minimum Gasteiger partial charge on any atom is -0.381 e. The van der Waals surface area contributed by atoms with E-state index in [4.69, 9.17) is 4.74 Å². The van der Waals surface area contributed by atoms with Gasteiger partial charge >= 0.3 is 0 Å². The molecule has 14 heavy (non-hydrogen) atoms. The van der Waals surface area contributed by atoms with Gasteiger partial charge in [0, 0.05) is 22.2 Å². The van der Waals surface area contributed by atoms with Crippen molar-refractivity contribution >= 4 is 43.2 Å². The number of aryl methyl sites for hydroxylation is 1. The van der Waals surface area contributed by atoms with Gasteiger partial charge < -0.3 is 4.74 Å². The molecule has 78 valence electrons. The Kier molecular flexibility index (Phi) is 3.68. The molecule has 1 aliphatic heterocycles. The molecular weight excluding hydrogens is 328 g/mol. The molecule has 4 heteroatoms. The van der Waals surface area contributed by atoms with Crippen molar-refractivity contribution in [2.45, 2.75) is 18.2 Å². The number of halogens is 2. The van der Waals surface area contributed by atoms with Crippen LogP contribution in [-0.4, -0.2) is 13.2 Å². The first kappa shape index (κ1) is 11.1. The van der Waals surface area contributed by atoms with Crippen LogP contribution < -0.4 is 0 Å². The normalized spacial score (nSPS) is 24.1. The van der Waals surface area contributed by atoms with Crippen LogP contribution in [0.2, 0.25) is 0 Å². The third-order valence-corrected chi connectivity index (χ3v) is 5.41. The molecule has 0 N–H and O–H groups in total. The average molecular weight is 340 g/mol. The molecule has 0 aliphatic carbocycles. The zero-order valence-corrected chi connectivity index (χ0v) is 11.9. The highest BCUT2D eigenvalue weighted by Gasteiger charge is 2.26. The number of rotatable bonds is 2. The van der Waals surface area contributed by atoms with E-state index in [1.807, 2.05) is 0 Å². The van der Waals surface area contributed by atoms with Crippen molar-refractivity contribution in [1.29, 1.82) is 0 Å². The van der Waals surface area contributed by atoms with Gasteiger partial charge in [-0.25, -0.2) is 0 Å². The molecule has 2 atom stereocenters. The molecule has 0 radical (unpaired) electrons. The third kappa shape index (κ3) is 2.23. The third-order valence-electron chi connectivity index (χ3n) is 2.60. The van der Waals surface area contributed by atoms with Gasteiger partial charge in [0.25, 0.3) is 0 Å². The summed E-state index contributed by atoms with van der Waals surface area (Å²) in [6, 6.07) is 2.22. The summed E-state index contributed by atoms with van der Waals surface area (Å²) in [5.41, 5.74) is 1.41. The first-order valence-electron chi connectivity index (χ1n) is 4.66. The van der Waals surface area contributed by atoms with Crippen molar-refractivity contribution in [3.05, 3.63) is 20.3 Å². The van der Waals surface area contributed by atoms with Gasteiger partial charge in [0.15, 0.2) is 0 Å². The number of hydrogen-bond acceptors (Lipinski definition) is 2. The van der Waals surface area contributed by atoms with Crippen molar-refractivity contribution < 1.29 is 4.74 Å². The van der Waals surface area contributed by atoms with Crippen LogP contribution in [0.1, 0.15) is 21.7 Å². The smallest absolute Gasteiger partial charge is 0.0704 e. The summed E-state index contributed by atoms with van der Waals surface area (Å²) in [5, 5.41) is 0. The fourth-order valence-corrected chi connectivity index (χ4v) is 4.57. The van der Waals surface area contributed by atoms with Gasteiger partial charge in [-0.05, 0) is 40.9 Å². The van der Waals surface area contributed by atoms with Gasteiger partial charge in [0.2, 0.25) is 0 Å². The molecule has 2 unspecified atom stereocenters. The maximum Gasteiger partial charge on any atom is 0.0704 e. The van der Waals surface area contributed by atoms with Crippen LogP contribution in [-0.2, 0) is 4.74 Å². The molecule has 0 saturated carbocycles. The first-order valence-corrected chi connectivity index (χ1v) is 7.18. The Balaban J connectivity index is 2.17. The largest absolute Gasteiger partial charge is 0.381 e. The predicted octanol–water partition coefficient (Wildman–Crippen LogP) is 4.29. The SMILES string of the molecule is Cc1sc(Br)cc1C(Br)C1CCOC1. The first-order chi connectivity index (χ1) is 6.68. The molecule has 0 aromatic carbocycles. The van der Waals surface area contributed by atoms with E-state index in [0.29, 0.717) is 10.7 Å². The lowest BCUT2D eigenvalue weighted by atomic mass is 9.99. The number of alkyl halides is 1. The van der Waals surface area contributed by atoms with Crippen LogP contribution >= 0.6 is 43.2 Å². The van der Waals surface area contributed by atoms with E-state index in [9.17, 15) is 0 Å². The Hall–Kier alpha value is 0.620. The van der Waals surface area contributed by atoms with Crippen molar-refractivity contribution in [3.8, 4) is 0 Å². The summed E-state index contributed by atoms with van der Waals surface area (Å²) >= 11 is 9.11. The second kappa shape index (κ2) is 4.64. The fraction of sp³-hybridized carbons (Fsp3) is 0.600. The van der Waals surface area contributed by atoms with Crippen LogP contribution in [0.5, 0.6) is 0 Å². The monoisotopic (exact) mass is 338 g/mol. The number of thiophene rings is 1. The Labute approximate surface area is 105 Å². The summed E-state index contributed by atoms with van der Waals surface area (Å²) in [5.74, 6) is 0.634. The number of hydrogen-bond donors (Lipinski definition) is 0. The summed E-state index contributed by atoms with van der Waals surface area (Å²) in [7, 11) is 0. The van der Waals surface area contributed by atoms with Gasteiger partial charge in [-0.15, -0.1) is 11.3 Å². The van der Waals surface area contributed by atoms with Crippen molar-refractivity contribution in [2.24, 2.45) is 5.92 Å². The van der Waals surface area contributed by atoms with Crippen LogP contribution in [0.3, 0.4) is 0 Å². The van der Waals surface area contributed by atoms with E-state index in [0.717, 1.165) is 13.2 Å². The van der Waals surface area contributed by atoms with E-state index in [2.05, 4.69) is 44.8 Å². The quantitative estimate of drug-likeness (QED) is 0.730. The molecule has 0 amide bonds. The number of ether oxygens (including phenoxy) is 1. The lowest BCUT2D eigenvalue weighted by molar-refractivity contribution is 0.185. The fourth-order valence-electron chi connectivity index (χ4n) is 1.77. The molecule has 2 rings (SSSR count). The molecule has 1 aromatic rings. The van der Waals surface area contributed by atoms with Crippen LogP contribution in [0, 0.1) is 12.8 Å². The predicted molar refractivity (Wildman–Crippen MR) is 67.4 cm³/mol. The average Bonchev–Trinajstić information content (AvgIpc) is 2.73. The summed E-state index contributed by atoms with van der Waals surface area (Å²) in [4.78, 5) is 1.85. The highest BCUT2D eigenvalue weighted by atomic mass is 79.9. The summed E-state index contributed by atoms with van der Waals surface area (Å²) in [6.45, 7) is 3.98. The van der Waals surface area contributed by atoms with Crippen LogP contribution in [0.25, 0.3) is 0 Å². The Morgan fingerprint density at radius 3 is 2.93 bits per heavy atom. The van der Waals surface area contributed by atoms with E-state index in [-0.39, 0.29) is 0 Å². The van der Waals surface area contributed by atoms with Crippen molar-refractivity contribution in [2.75, 3.05) is 13.2 Å². The highest BCUT2D eigenvalue weighted by molar-refractivity contribution is 9.11. The Bertz CT molecular complexity index is 318. The van der Waals surface area contributed by atoms with Gasteiger partial charge in [0.1, 0.15) is 0 Å². The highest BCUT2D eigenvalue weighted by Crippen LogP contribution is 2.41. The van der Waals surface area contributed by atoms with Gasteiger partial charge in [-0.2, -0.15) is 0 Å². The minimum atomic E-state index is 0.451. The molecule has 1 fully saturated rings. The molecule has 1 aliphatic rings. The second-order valence-electron chi connectivity index (χ2n) is 3.59. The molecule has 1 aromatic heterocycles. The molecular formula is C10H12Br2OS. The summed E-state index contributed by atoms with van der Waals surface area (Å²) in [6.07, 6.45) is 1.17. The van der Waals surface area contributed by atoms with E-state index in [1.54, 1.807) is 11.3 Å². The topological polar surface area (TPSA) is 9.23 Å². The van der Waals surface area contributed by atoms with E-state index in [1.165, 1.54) is 20.6 Å². The van der Waals surface area contributed by atoms with Crippen LogP contribution in [0.4, 0.5) is 0 Å². The van der Waals surface area contributed by atoms with Gasteiger partial charge in [-0.1, -0.05) is 15.9 Å². The van der Waals surface area contributed by atoms with E-state index < -0.39 is 0 Å². The standard InChI is InChI=1S/C10H12Br2OS/c1-6-8(4-9(11)14-6)10(12)7-2-3-13-5-7/h4,7,10H,2-3,5H2,1H3. The zero-order valence-electron chi connectivity index (χ0n) is 7.93. The molecule has 1 nitrogen and oxygen atoms in total. The summed E-state index contributed by atoms with van der Waals surface area (Å²) < 4.78 is 6.62. The lowest BCUT2D eigenvalue weighted by Crippen LogP contribution is -2.07. The zero-order chi connectivity index (χ0) is 10.1.